The number of hydrogen-bond acceptors (Lipinski definition) is 6. The summed E-state index contributed by atoms with van der Waals surface area (Å²) in [6.07, 6.45) is 2.88. The van der Waals surface area contributed by atoms with Crippen LogP contribution in [0.25, 0.3) is 11.1 Å². The molecule has 2 aromatic carbocycles. The monoisotopic (exact) mass is 401 g/mol. The first kappa shape index (κ1) is 19.4. The predicted molar refractivity (Wildman–Crippen MR) is 117 cm³/mol. The van der Waals surface area contributed by atoms with E-state index in [-0.39, 0.29) is 6.17 Å². The Morgan fingerprint density at radius 2 is 1.93 bits per heavy atom. The molecule has 1 aromatic heterocycles. The molecule has 7 heteroatoms. The lowest BCUT2D eigenvalue weighted by Gasteiger charge is -2.23. The van der Waals surface area contributed by atoms with Crippen molar-refractivity contribution in [3.63, 3.8) is 0 Å². The first-order valence-corrected chi connectivity index (χ1v) is 9.85. The molecule has 2 heterocycles. The van der Waals surface area contributed by atoms with Crippen LogP contribution in [0.5, 0.6) is 5.75 Å². The van der Waals surface area contributed by atoms with Crippen LogP contribution >= 0.6 is 0 Å². The molecule has 0 saturated heterocycles. The topological polar surface area (TPSA) is 78.8 Å². The summed E-state index contributed by atoms with van der Waals surface area (Å²) >= 11 is 0. The van der Waals surface area contributed by atoms with Gasteiger partial charge in [0.1, 0.15) is 11.9 Å². The maximum absolute atomic E-state index is 10.9. The fraction of sp³-hybridized carbons (Fsp3) is 0.174. The number of pyridine rings is 1. The van der Waals surface area contributed by atoms with E-state index >= 15 is 0 Å². The number of carbonyl (C=O) groups is 1. The molecule has 1 atom stereocenters. The first-order chi connectivity index (χ1) is 14.8. The van der Waals surface area contributed by atoms with Crippen LogP contribution in [0.4, 0.5) is 5.82 Å². The molecule has 3 aromatic rings. The van der Waals surface area contributed by atoms with Crippen LogP contribution in [-0.4, -0.2) is 30.1 Å². The van der Waals surface area contributed by atoms with E-state index < -0.39 is 0 Å². The van der Waals surface area contributed by atoms with Crippen molar-refractivity contribution in [1.29, 1.82) is 0 Å². The average Bonchev–Trinajstić information content (AvgIpc) is 3.18. The van der Waals surface area contributed by atoms with Crippen LogP contribution in [0.3, 0.4) is 0 Å². The molecule has 1 unspecified atom stereocenters. The van der Waals surface area contributed by atoms with Gasteiger partial charge in [0.2, 0.25) is 12.4 Å². The molecule has 1 amide bonds. The number of nitrogens with one attached hydrogen (secondary N) is 2. The van der Waals surface area contributed by atoms with Gasteiger partial charge in [0.25, 0.3) is 0 Å². The molecular formula is C23H23N5O2. The van der Waals surface area contributed by atoms with Gasteiger partial charge in [0, 0.05) is 18.2 Å². The number of aromatic nitrogens is 1. The van der Waals surface area contributed by atoms with Crippen LogP contribution in [0, 0.1) is 0 Å². The Kier molecular flexibility index (Phi) is 5.89. The van der Waals surface area contributed by atoms with Gasteiger partial charge in [-0.1, -0.05) is 48.5 Å². The van der Waals surface area contributed by atoms with E-state index in [4.69, 9.17) is 4.74 Å². The second-order valence-electron chi connectivity index (χ2n) is 6.74. The van der Waals surface area contributed by atoms with E-state index in [1.807, 2.05) is 61.5 Å². The number of carbonyl (C=O) groups excluding carboxylic acids is 1. The molecule has 1 aliphatic rings. The molecule has 0 radical (unpaired) electrons. The molecule has 30 heavy (non-hydrogen) atoms. The molecule has 0 fully saturated rings. The molecule has 0 spiro atoms. The van der Waals surface area contributed by atoms with Crippen molar-refractivity contribution in [2.45, 2.75) is 19.5 Å². The number of para-hydroxylation sites is 1. The smallest absolute Gasteiger partial charge is 0.222 e. The van der Waals surface area contributed by atoms with Crippen molar-refractivity contribution in [3.05, 3.63) is 78.5 Å². The number of amides is 1. The minimum absolute atomic E-state index is 0.181. The standard InChI is InChI=1S/C23H23N5O2/c1-2-30-20-11-7-6-10-19(20)18-12-13-24-21(15-18)28-22(26-23(27-28)25-16-29)14-17-8-4-3-5-9-17/h3-13,15-16,22H,2,14H2,1H3,(H2,25,26,27,29). The lowest BCUT2D eigenvalue weighted by Crippen LogP contribution is -2.43. The molecule has 4 rings (SSSR count). The fourth-order valence-electron chi connectivity index (χ4n) is 3.44. The van der Waals surface area contributed by atoms with Gasteiger partial charge in [-0.2, -0.15) is 0 Å². The number of guanidine groups is 1. The zero-order valence-electron chi connectivity index (χ0n) is 16.7. The van der Waals surface area contributed by atoms with E-state index in [9.17, 15) is 4.79 Å². The summed E-state index contributed by atoms with van der Waals surface area (Å²) in [6.45, 7) is 2.56. The highest BCUT2D eigenvalue weighted by Crippen LogP contribution is 2.32. The van der Waals surface area contributed by atoms with Gasteiger partial charge in [0.15, 0.2) is 5.82 Å². The summed E-state index contributed by atoms with van der Waals surface area (Å²) in [7, 11) is 0. The summed E-state index contributed by atoms with van der Waals surface area (Å²) in [6, 6.07) is 22.0. The van der Waals surface area contributed by atoms with Crippen LogP contribution in [0.1, 0.15) is 12.5 Å². The highest BCUT2D eigenvalue weighted by molar-refractivity contribution is 5.91. The summed E-state index contributed by atoms with van der Waals surface area (Å²) < 4.78 is 5.78. The predicted octanol–water partition coefficient (Wildman–Crippen LogP) is 3.14. The first-order valence-electron chi connectivity index (χ1n) is 9.85. The number of nitrogens with zero attached hydrogens (tertiary/aromatic N) is 3. The van der Waals surface area contributed by atoms with Crippen molar-refractivity contribution < 1.29 is 9.53 Å². The van der Waals surface area contributed by atoms with E-state index in [0.717, 1.165) is 22.4 Å². The largest absolute Gasteiger partial charge is 0.493 e. The van der Waals surface area contributed by atoms with Crippen LogP contribution in [0.15, 0.2) is 78.0 Å². The quantitative estimate of drug-likeness (QED) is 0.595. The van der Waals surface area contributed by atoms with Crippen molar-refractivity contribution in [2.24, 2.45) is 5.10 Å². The van der Waals surface area contributed by atoms with Gasteiger partial charge < -0.3 is 10.1 Å². The Labute approximate surface area is 175 Å². The molecule has 7 nitrogen and oxygen atoms in total. The molecule has 2 N–H and O–H groups in total. The Bertz CT molecular complexity index is 1040. The summed E-state index contributed by atoms with van der Waals surface area (Å²) in [5.74, 6) is 1.90. The Hall–Kier alpha value is -3.87. The van der Waals surface area contributed by atoms with E-state index in [1.54, 1.807) is 11.2 Å². The molecule has 0 bridgehead atoms. The molecule has 0 aliphatic carbocycles. The summed E-state index contributed by atoms with van der Waals surface area (Å²) in [5.41, 5.74) is 3.12. The highest BCUT2D eigenvalue weighted by Gasteiger charge is 2.28. The molecular weight excluding hydrogens is 378 g/mol. The molecule has 152 valence electrons. The van der Waals surface area contributed by atoms with Crippen molar-refractivity contribution in [1.82, 2.24) is 15.6 Å². The number of hydrazone groups is 1. The highest BCUT2D eigenvalue weighted by atomic mass is 16.5. The van der Waals surface area contributed by atoms with Gasteiger partial charge in [-0.25, -0.2) is 9.99 Å². The van der Waals surface area contributed by atoms with Gasteiger partial charge in [-0.3, -0.25) is 10.1 Å². The number of rotatable bonds is 7. The summed E-state index contributed by atoms with van der Waals surface area (Å²) in [5, 5.41) is 12.2. The van der Waals surface area contributed by atoms with E-state index in [2.05, 4.69) is 32.9 Å². The number of benzene rings is 2. The van der Waals surface area contributed by atoms with Crippen LogP contribution in [0.2, 0.25) is 0 Å². The third-order valence-electron chi connectivity index (χ3n) is 4.75. The zero-order chi connectivity index (χ0) is 20.8. The Morgan fingerprint density at radius 1 is 1.13 bits per heavy atom. The lowest BCUT2D eigenvalue weighted by molar-refractivity contribution is -0.108. The van der Waals surface area contributed by atoms with Crippen molar-refractivity contribution in [2.75, 3.05) is 11.6 Å². The van der Waals surface area contributed by atoms with Crippen molar-refractivity contribution in [3.8, 4) is 16.9 Å². The second-order valence-corrected chi connectivity index (χ2v) is 6.74. The number of ether oxygens (including phenoxy) is 1. The minimum Gasteiger partial charge on any atom is -0.493 e. The molecule has 0 saturated carbocycles. The zero-order valence-corrected chi connectivity index (χ0v) is 16.7. The summed E-state index contributed by atoms with van der Waals surface area (Å²) in [4.78, 5) is 15.5. The maximum atomic E-state index is 10.9. The minimum atomic E-state index is -0.181. The second kappa shape index (κ2) is 9.09. The molecule has 1 aliphatic heterocycles. The maximum Gasteiger partial charge on any atom is 0.222 e. The van der Waals surface area contributed by atoms with E-state index in [0.29, 0.717) is 31.2 Å². The van der Waals surface area contributed by atoms with Crippen LogP contribution in [-0.2, 0) is 11.2 Å². The van der Waals surface area contributed by atoms with Gasteiger partial charge in [-0.05, 0) is 36.2 Å². The number of anilines is 1. The van der Waals surface area contributed by atoms with Gasteiger partial charge in [0.05, 0.1) is 6.61 Å². The van der Waals surface area contributed by atoms with Gasteiger partial charge in [-0.15, -0.1) is 5.10 Å². The van der Waals surface area contributed by atoms with Crippen LogP contribution < -0.4 is 20.4 Å². The third-order valence-corrected chi connectivity index (χ3v) is 4.75. The average molecular weight is 401 g/mol. The third kappa shape index (κ3) is 4.25. The van der Waals surface area contributed by atoms with Gasteiger partial charge >= 0.3 is 0 Å². The SMILES string of the molecule is CCOc1ccccc1-c1ccnc(N2N=C(NC=O)NC2Cc2ccccc2)c1. The lowest BCUT2D eigenvalue weighted by atomic mass is 10.1. The number of hydrogen-bond donors (Lipinski definition) is 2. The van der Waals surface area contributed by atoms with E-state index in [1.165, 1.54) is 0 Å². The Morgan fingerprint density at radius 3 is 2.73 bits per heavy atom. The normalized spacial score (nSPS) is 15.3. The Balaban J connectivity index is 1.67. The van der Waals surface area contributed by atoms with Crippen molar-refractivity contribution >= 4 is 18.2 Å². The fourth-order valence-corrected chi connectivity index (χ4v) is 3.44.